The van der Waals surface area contributed by atoms with E-state index in [2.05, 4.69) is 20.1 Å². The number of hydrogen-bond donors (Lipinski definition) is 1. The minimum absolute atomic E-state index is 0.0132. The summed E-state index contributed by atoms with van der Waals surface area (Å²) < 4.78 is 60.7. The summed E-state index contributed by atoms with van der Waals surface area (Å²) in [5, 5.41) is 6.17. The van der Waals surface area contributed by atoms with E-state index in [1.54, 1.807) is 41.6 Å². The summed E-state index contributed by atoms with van der Waals surface area (Å²) in [6, 6.07) is 13.6. The van der Waals surface area contributed by atoms with Crippen molar-refractivity contribution in [1.29, 1.82) is 0 Å². The number of nitrogens with zero attached hydrogens (tertiary/aromatic N) is 4. The Labute approximate surface area is 210 Å². The van der Waals surface area contributed by atoms with Crippen molar-refractivity contribution >= 4 is 6.21 Å². The number of fused-ring (bicyclic) bond motifs is 1. The molecule has 0 bridgehead atoms. The first kappa shape index (κ1) is 24.5. The number of pyridine rings is 1. The minimum Gasteiger partial charge on any atom is -0.494 e. The summed E-state index contributed by atoms with van der Waals surface area (Å²) in [5.41, 5.74) is 1.97. The molecule has 0 atom stereocenters. The molecule has 2 aromatic heterocycles. The number of imidazole rings is 1. The van der Waals surface area contributed by atoms with Gasteiger partial charge < -0.3 is 9.72 Å². The molecule has 37 heavy (non-hydrogen) atoms. The van der Waals surface area contributed by atoms with E-state index in [-0.39, 0.29) is 22.8 Å². The van der Waals surface area contributed by atoms with Crippen LogP contribution < -0.4 is 4.74 Å². The third-order valence-corrected chi connectivity index (χ3v) is 5.86. The second-order valence-electron chi connectivity index (χ2n) is 8.60. The Hall–Kier alpha value is -4.21. The SMILES string of the molecule is CCCOc1ccc(-c2ccc(CN3Cc4nc(-c5ccccc5F)[nH]c4C=N3)cn2)c(C(F)(F)F)c1. The number of hydrazone groups is 1. The Bertz CT molecular complexity index is 1430. The van der Waals surface area contributed by atoms with Crippen molar-refractivity contribution in [3.05, 3.63) is 89.1 Å². The zero-order valence-electron chi connectivity index (χ0n) is 19.9. The lowest BCUT2D eigenvalue weighted by Crippen LogP contribution is -2.21. The largest absolute Gasteiger partial charge is 0.494 e. The van der Waals surface area contributed by atoms with E-state index in [1.165, 1.54) is 24.4 Å². The van der Waals surface area contributed by atoms with Crippen LogP contribution in [-0.2, 0) is 19.3 Å². The van der Waals surface area contributed by atoms with Crippen LogP contribution in [0.1, 0.15) is 35.9 Å². The van der Waals surface area contributed by atoms with Crippen LogP contribution in [0, 0.1) is 5.82 Å². The highest BCUT2D eigenvalue weighted by Crippen LogP contribution is 2.38. The van der Waals surface area contributed by atoms with Gasteiger partial charge in [-0.25, -0.2) is 9.37 Å². The van der Waals surface area contributed by atoms with Crippen LogP contribution in [0.4, 0.5) is 17.6 Å². The molecule has 0 spiro atoms. The minimum atomic E-state index is -4.55. The van der Waals surface area contributed by atoms with Crippen molar-refractivity contribution in [1.82, 2.24) is 20.0 Å². The zero-order chi connectivity index (χ0) is 26.0. The maximum Gasteiger partial charge on any atom is 0.417 e. The van der Waals surface area contributed by atoms with E-state index in [0.717, 1.165) is 17.3 Å². The first-order chi connectivity index (χ1) is 17.8. The summed E-state index contributed by atoms with van der Waals surface area (Å²) in [6.45, 7) is 2.99. The van der Waals surface area contributed by atoms with Gasteiger partial charge >= 0.3 is 6.18 Å². The molecule has 2 aromatic carbocycles. The second-order valence-corrected chi connectivity index (χ2v) is 8.60. The predicted molar refractivity (Wildman–Crippen MR) is 131 cm³/mol. The normalized spacial score (nSPS) is 13.1. The van der Waals surface area contributed by atoms with Crippen molar-refractivity contribution in [2.24, 2.45) is 5.10 Å². The van der Waals surface area contributed by atoms with Crippen LogP contribution >= 0.6 is 0 Å². The van der Waals surface area contributed by atoms with E-state index in [1.807, 2.05) is 6.92 Å². The number of halogens is 4. The quantitative estimate of drug-likeness (QED) is 0.292. The van der Waals surface area contributed by atoms with Gasteiger partial charge in [0.1, 0.15) is 17.4 Å². The van der Waals surface area contributed by atoms with Crippen molar-refractivity contribution in [2.75, 3.05) is 6.61 Å². The predicted octanol–water partition coefficient (Wildman–Crippen LogP) is 6.44. The number of rotatable bonds is 7. The van der Waals surface area contributed by atoms with Gasteiger partial charge in [-0.1, -0.05) is 25.1 Å². The van der Waals surface area contributed by atoms with Gasteiger partial charge in [-0.2, -0.15) is 18.3 Å². The third kappa shape index (κ3) is 5.32. The monoisotopic (exact) mass is 509 g/mol. The van der Waals surface area contributed by atoms with E-state index in [0.29, 0.717) is 43.2 Å². The smallest absolute Gasteiger partial charge is 0.417 e. The van der Waals surface area contributed by atoms with Gasteiger partial charge in [-0.3, -0.25) is 9.99 Å². The number of nitrogens with one attached hydrogen (secondary N) is 1. The fourth-order valence-electron chi connectivity index (χ4n) is 4.06. The molecule has 5 rings (SSSR count). The number of hydrogen-bond acceptors (Lipinski definition) is 5. The van der Waals surface area contributed by atoms with Gasteiger partial charge in [0.05, 0.1) is 54.1 Å². The molecule has 0 fully saturated rings. The molecule has 0 amide bonds. The first-order valence-electron chi connectivity index (χ1n) is 11.7. The molecule has 0 aliphatic carbocycles. The molecule has 0 saturated heterocycles. The molecule has 0 unspecified atom stereocenters. The number of aromatic nitrogens is 3. The number of aromatic amines is 1. The number of H-pyrrole nitrogens is 1. The second kappa shape index (κ2) is 10.0. The van der Waals surface area contributed by atoms with Crippen LogP contribution in [0.2, 0.25) is 0 Å². The van der Waals surface area contributed by atoms with E-state index in [4.69, 9.17) is 4.74 Å². The van der Waals surface area contributed by atoms with Crippen molar-refractivity contribution in [3.63, 3.8) is 0 Å². The maximum atomic E-state index is 14.1. The number of benzene rings is 2. The fraction of sp³-hybridized carbons (Fsp3) is 0.222. The Kier molecular flexibility index (Phi) is 6.64. The lowest BCUT2D eigenvalue weighted by atomic mass is 10.0. The van der Waals surface area contributed by atoms with Gasteiger partial charge in [-0.15, -0.1) is 0 Å². The summed E-state index contributed by atoms with van der Waals surface area (Å²) in [6.07, 6.45) is -0.693. The topological polar surface area (TPSA) is 66.4 Å². The van der Waals surface area contributed by atoms with Crippen LogP contribution in [0.3, 0.4) is 0 Å². The standard InChI is InChI=1S/C27H23F4N5O/c1-2-11-37-18-8-9-19(21(12-18)27(29,30)31)23-10-7-17(13-32-23)15-36-16-25-24(14-33-36)34-26(35-25)20-5-3-4-6-22(20)28/h3-10,12-14H,2,11,15-16H2,1H3,(H,34,35). The average molecular weight is 510 g/mol. The van der Waals surface area contributed by atoms with Gasteiger partial charge in [0.25, 0.3) is 0 Å². The highest BCUT2D eigenvalue weighted by atomic mass is 19.4. The molecular weight excluding hydrogens is 486 g/mol. The lowest BCUT2D eigenvalue weighted by molar-refractivity contribution is -0.137. The molecule has 3 heterocycles. The first-order valence-corrected chi connectivity index (χ1v) is 11.7. The Morgan fingerprint density at radius 1 is 1.05 bits per heavy atom. The molecule has 1 aliphatic heterocycles. The van der Waals surface area contributed by atoms with Crippen LogP contribution in [-0.4, -0.2) is 32.8 Å². The molecule has 1 aliphatic rings. The van der Waals surface area contributed by atoms with Gasteiger partial charge in [-0.05, 0) is 48.4 Å². The molecule has 1 N–H and O–H groups in total. The van der Waals surface area contributed by atoms with Gasteiger partial charge in [0, 0.05) is 11.8 Å². The number of ether oxygens (including phenoxy) is 1. The molecule has 4 aromatic rings. The van der Waals surface area contributed by atoms with E-state index in [9.17, 15) is 17.6 Å². The fourth-order valence-corrected chi connectivity index (χ4v) is 4.06. The van der Waals surface area contributed by atoms with Crippen molar-refractivity contribution in [3.8, 4) is 28.4 Å². The van der Waals surface area contributed by atoms with Crippen LogP contribution in [0.25, 0.3) is 22.6 Å². The molecule has 6 nitrogen and oxygen atoms in total. The zero-order valence-corrected chi connectivity index (χ0v) is 19.9. The molecule has 0 radical (unpaired) electrons. The summed E-state index contributed by atoms with van der Waals surface area (Å²) in [7, 11) is 0. The lowest BCUT2D eigenvalue weighted by Gasteiger charge is -2.21. The third-order valence-electron chi connectivity index (χ3n) is 5.86. The summed E-state index contributed by atoms with van der Waals surface area (Å²) in [4.78, 5) is 11.9. The molecule has 190 valence electrons. The highest BCUT2D eigenvalue weighted by molar-refractivity contribution is 5.80. The Morgan fingerprint density at radius 3 is 2.62 bits per heavy atom. The van der Waals surface area contributed by atoms with Gasteiger partial charge in [0.15, 0.2) is 0 Å². The van der Waals surface area contributed by atoms with Crippen molar-refractivity contribution < 1.29 is 22.3 Å². The molecule has 0 saturated carbocycles. The molecular formula is C27H23F4N5O. The highest BCUT2D eigenvalue weighted by Gasteiger charge is 2.34. The Morgan fingerprint density at radius 2 is 1.89 bits per heavy atom. The summed E-state index contributed by atoms with van der Waals surface area (Å²) in [5.74, 6) is 0.229. The summed E-state index contributed by atoms with van der Waals surface area (Å²) >= 11 is 0. The van der Waals surface area contributed by atoms with Crippen LogP contribution in [0.15, 0.2) is 65.9 Å². The van der Waals surface area contributed by atoms with E-state index < -0.39 is 11.7 Å². The maximum absolute atomic E-state index is 14.1. The van der Waals surface area contributed by atoms with Gasteiger partial charge in [0.2, 0.25) is 0 Å². The average Bonchev–Trinajstić information content (AvgIpc) is 3.31. The molecule has 10 heteroatoms. The van der Waals surface area contributed by atoms with Crippen LogP contribution in [0.5, 0.6) is 5.75 Å². The number of alkyl halides is 3. The Balaban J connectivity index is 1.31. The van der Waals surface area contributed by atoms with Crippen molar-refractivity contribution in [2.45, 2.75) is 32.6 Å². The van der Waals surface area contributed by atoms with E-state index >= 15 is 0 Å².